The van der Waals surface area contributed by atoms with Crippen LogP contribution in [0.4, 0.5) is 0 Å². The third kappa shape index (κ3) is 2.60. The molecule has 0 spiro atoms. The number of benzene rings is 2. The molecule has 2 N–H and O–H groups in total. The molecule has 0 fully saturated rings. The summed E-state index contributed by atoms with van der Waals surface area (Å²) < 4.78 is 2.20. The number of rotatable bonds is 2. The zero-order valence-electron chi connectivity index (χ0n) is 10.6. The van der Waals surface area contributed by atoms with Gasteiger partial charge in [0.2, 0.25) is 0 Å². The van der Waals surface area contributed by atoms with Crippen molar-refractivity contribution in [3.63, 3.8) is 0 Å². The maximum Gasteiger partial charge on any atom is 0.0584 e. The van der Waals surface area contributed by atoms with Gasteiger partial charge in [0.25, 0.3) is 0 Å². The number of fused-ring (bicyclic) bond motifs is 1. The molecule has 0 saturated carbocycles. The highest BCUT2D eigenvalue weighted by Gasteiger charge is 2.15. The minimum Gasteiger partial charge on any atom is -0.320 e. The maximum atomic E-state index is 6.48. The monoisotopic (exact) mass is 438 g/mol. The average molecular weight is 439 g/mol. The molecule has 0 aliphatic carbocycles. The fourth-order valence-corrected chi connectivity index (χ4v) is 3.32. The molecule has 1 atom stereocenters. The van der Waals surface area contributed by atoms with Gasteiger partial charge in [0, 0.05) is 25.8 Å². The number of hydrogen-bond acceptors (Lipinski definition) is 2. The molecule has 1 unspecified atom stereocenters. The molecule has 4 heteroatoms. The van der Waals surface area contributed by atoms with E-state index in [4.69, 9.17) is 5.73 Å². The number of nitrogens with two attached hydrogens (primary N) is 1. The molecule has 20 heavy (non-hydrogen) atoms. The van der Waals surface area contributed by atoms with Crippen LogP contribution in [0.15, 0.2) is 59.3 Å². The predicted molar refractivity (Wildman–Crippen MR) is 94.6 cm³/mol. The SMILES string of the molecule is NC(c1cc(I)ccc1Br)c1cncc2ccccc12. The second-order valence-corrected chi connectivity index (χ2v) is 6.69. The number of hydrogen-bond donors (Lipinski definition) is 1. The van der Waals surface area contributed by atoms with Crippen LogP contribution in [-0.4, -0.2) is 4.98 Å². The highest BCUT2D eigenvalue weighted by Crippen LogP contribution is 2.31. The molecule has 0 saturated heterocycles. The lowest BCUT2D eigenvalue weighted by Gasteiger charge is -2.16. The number of halogens is 2. The van der Waals surface area contributed by atoms with Gasteiger partial charge in [-0.05, 0) is 57.3 Å². The first kappa shape index (κ1) is 14.0. The fraction of sp³-hybridized carbons (Fsp3) is 0.0625. The lowest BCUT2D eigenvalue weighted by Crippen LogP contribution is -2.13. The van der Waals surface area contributed by atoms with Crippen LogP contribution in [0, 0.1) is 3.57 Å². The molecule has 2 nitrogen and oxygen atoms in total. The van der Waals surface area contributed by atoms with E-state index in [0.29, 0.717) is 0 Å². The van der Waals surface area contributed by atoms with Gasteiger partial charge in [-0.2, -0.15) is 0 Å². The van der Waals surface area contributed by atoms with Crippen molar-refractivity contribution in [3.8, 4) is 0 Å². The molecular formula is C16H12BrIN2. The lowest BCUT2D eigenvalue weighted by atomic mass is 9.96. The molecule has 1 aromatic heterocycles. The molecule has 2 aromatic carbocycles. The summed E-state index contributed by atoms with van der Waals surface area (Å²) in [6.07, 6.45) is 3.73. The van der Waals surface area contributed by atoms with Crippen LogP contribution >= 0.6 is 38.5 Å². The smallest absolute Gasteiger partial charge is 0.0584 e. The van der Waals surface area contributed by atoms with Crippen molar-refractivity contribution in [2.45, 2.75) is 6.04 Å². The van der Waals surface area contributed by atoms with Gasteiger partial charge in [-0.1, -0.05) is 40.2 Å². The van der Waals surface area contributed by atoms with Crippen LogP contribution in [0.5, 0.6) is 0 Å². The Morgan fingerprint density at radius 3 is 2.70 bits per heavy atom. The summed E-state index contributed by atoms with van der Waals surface area (Å²) in [5.74, 6) is 0. The number of nitrogens with zero attached hydrogens (tertiary/aromatic N) is 1. The first-order valence-electron chi connectivity index (χ1n) is 6.20. The summed E-state index contributed by atoms with van der Waals surface area (Å²) in [7, 11) is 0. The highest BCUT2D eigenvalue weighted by atomic mass is 127. The minimum atomic E-state index is -0.197. The van der Waals surface area contributed by atoms with E-state index < -0.39 is 0 Å². The van der Waals surface area contributed by atoms with E-state index in [1.165, 1.54) is 3.57 Å². The van der Waals surface area contributed by atoms with Gasteiger partial charge in [-0.3, -0.25) is 4.98 Å². The van der Waals surface area contributed by atoms with Crippen LogP contribution in [0.2, 0.25) is 0 Å². The number of aromatic nitrogens is 1. The Morgan fingerprint density at radius 2 is 1.85 bits per heavy atom. The Labute approximate surface area is 139 Å². The van der Waals surface area contributed by atoms with Crippen molar-refractivity contribution in [2.24, 2.45) is 5.73 Å². The van der Waals surface area contributed by atoms with E-state index in [2.05, 4.69) is 67.8 Å². The molecule has 0 aliphatic heterocycles. The zero-order valence-corrected chi connectivity index (χ0v) is 14.3. The molecule has 3 rings (SSSR count). The fourth-order valence-electron chi connectivity index (χ4n) is 2.31. The van der Waals surface area contributed by atoms with E-state index in [-0.39, 0.29) is 6.04 Å². The summed E-state index contributed by atoms with van der Waals surface area (Å²) in [6, 6.07) is 14.2. The van der Waals surface area contributed by atoms with E-state index in [0.717, 1.165) is 26.4 Å². The zero-order chi connectivity index (χ0) is 14.1. The largest absolute Gasteiger partial charge is 0.320 e. The van der Waals surface area contributed by atoms with Gasteiger partial charge in [0.1, 0.15) is 0 Å². The summed E-state index contributed by atoms with van der Waals surface area (Å²) in [4.78, 5) is 4.31. The van der Waals surface area contributed by atoms with Gasteiger partial charge < -0.3 is 5.73 Å². The van der Waals surface area contributed by atoms with Crippen molar-refractivity contribution < 1.29 is 0 Å². The molecule has 100 valence electrons. The second kappa shape index (κ2) is 5.79. The van der Waals surface area contributed by atoms with Crippen LogP contribution in [0.25, 0.3) is 10.8 Å². The Balaban J connectivity index is 2.17. The topological polar surface area (TPSA) is 38.9 Å². The third-order valence-corrected chi connectivity index (χ3v) is 4.72. The Hall–Kier alpha value is -0.980. The number of pyridine rings is 1. The summed E-state index contributed by atoms with van der Waals surface area (Å²) in [6.45, 7) is 0. The van der Waals surface area contributed by atoms with Gasteiger partial charge in [-0.15, -0.1) is 0 Å². The quantitative estimate of drug-likeness (QED) is 0.591. The third-order valence-electron chi connectivity index (χ3n) is 3.33. The van der Waals surface area contributed by atoms with Crippen molar-refractivity contribution in [1.82, 2.24) is 4.98 Å². The van der Waals surface area contributed by atoms with Crippen molar-refractivity contribution in [3.05, 3.63) is 74.0 Å². The first-order valence-corrected chi connectivity index (χ1v) is 8.07. The molecule has 3 aromatic rings. The highest BCUT2D eigenvalue weighted by molar-refractivity contribution is 14.1. The van der Waals surface area contributed by atoms with Crippen molar-refractivity contribution >= 4 is 49.3 Å². The van der Waals surface area contributed by atoms with Gasteiger partial charge in [0.05, 0.1) is 6.04 Å². The standard InChI is InChI=1S/C16H12BrIN2/c17-15-6-5-11(18)7-13(15)16(19)14-9-20-8-10-3-1-2-4-12(10)14/h1-9,16H,19H2. The van der Waals surface area contributed by atoms with E-state index in [1.807, 2.05) is 30.6 Å². The average Bonchev–Trinajstić information content (AvgIpc) is 2.48. The second-order valence-electron chi connectivity index (χ2n) is 4.59. The molecule has 0 bridgehead atoms. The molecule has 1 heterocycles. The van der Waals surface area contributed by atoms with Crippen LogP contribution in [0.3, 0.4) is 0 Å². The van der Waals surface area contributed by atoms with Crippen LogP contribution < -0.4 is 5.73 Å². The summed E-state index contributed by atoms with van der Waals surface area (Å²) in [5, 5.41) is 2.27. The van der Waals surface area contributed by atoms with Crippen LogP contribution in [0.1, 0.15) is 17.2 Å². The predicted octanol–water partition coefficient (Wildman–Crippen LogP) is 4.65. The van der Waals surface area contributed by atoms with E-state index >= 15 is 0 Å². The molecule has 0 amide bonds. The van der Waals surface area contributed by atoms with E-state index in [9.17, 15) is 0 Å². The van der Waals surface area contributed by atoms with Gasteiger partial charge in [0.15, 0.2) is 0 Å². The van der Waals surface area contributed by atoms with Gasteiger partial charge >= 0.3 is 0 Å². The molecule has 0 radical (unpaired) electrons. The Bertz CT molecular complexity index is 768. The lowest BCUT2D eigenvalue weighted by molar-refractivity contribution is 0.867. The maximum absolute atomic E-state index is 6.48. The van der Waals surface area contributed by atoms with Crippen molar-refractivity contribution in [1.29, 1.82) is 0 Å². The first-order chi connectivity index (χ1) is 9.66. The Kier molecular flexibility index (Phi) is 4.05. The van der Waals surface area contributed by atoms with Crippen molar-refractivity contribution in [2.75, 3.05) is 0 Å². The Morgan fingerprint density at radius 1 is 1.05 bits per heavy atom. The minimum absolute atomic E-state index is 0.197. The van der Waals surface area contributed by atoms with Gasteiger partial charge in [-0.25, -0.2) is 0 Å². The summed E-state index contributed by atoms with van der Waals surface area (Å²) in [5.41, 5.74) is 8.60. The normalized spacial score (nSPS) is 12.6. The van der Waals surface area contributed by atoms with Crippen LogP contribution in [-0.2, 0) is 0 Å². The summed E-state index contributed by atoms with van der Waals surface area (Å²) >= 11 is 5.89. The molecular weight excluding hydrogens is 427 g/mol. The molecule has 0 aliphatic rings. The van der Waals surface area contributed by atoms with E-state index in [1.54, 1.807) is 0 Å².